The minimum Gasteiger partial charge on any atom is -0.457 e. The Kier molecular flexibility index (Phi) is 7.92. The molecule has 0 saturated carbocycles. The third kappa shape index (κ3) is 6.21. The molecular formula is C34H33BrN8O. The van der Waals surface area contributed by atoms with Crippen molar-refractivity contribution >= 4 is 49.7 Å². The quantitative estimate of drug-likeness (QED) is 0.0734. The third-order valence-electron chi connectivity index (χ3n) is 6.97. The summed E-state index contributed by atoms with van der Waals surface area (Å²) in [4.78, 5) is 16.3. The molecule has 0 aliphatic heterocycles. The molecule has 2 aromatic heterocycles. The SMILES string of the molecule is CC(C)NC(=N)c1ccc2nc(-c3ccc(Oc4ccc(-c5nc6ccc(C(=N)NC(C)C)cc6[nH]5)c(Br)c4)cc3)[nH]c2c1. The molecule has 4 aromatic carbocycles. The van der Waals surface area contributed by atoms with E-state index >= 15 is 0 Å². The third-order valence-corrected chi connectivity index (χ3v) is 7.62. The van der Waals surface area contributed by atoms with Gasteiger partial charge in [0.05, 0.1) is 22.1 Å². The van der Waals surface area contributed by atoms with E-state index in [4.69, 9.17) is 25.5 Å². The number of amidine groups is 2. The van der Waals surface area contributed by atoms with Crippen molar-refractivity contribution in [3.63, 3.8) is 0 Å². The van der Waals surface area contributed by atoms with E-state index in [-0.39, 0.29) is 12.1 Å². The van der Waals surface area contributed by atoms with Gasteiger partial charge in [0.25, 0.3) is 0 Å². The lowest BCUT2D eigenvalue weighted by Gasteiger charge is -2.10. The van der Waals surface area contributed by atoms with Crippen molar-refractivity contribution in [2.45, 2.75) is 39.8 Å². The molecule has 0 amide bonds. The van der Waals surface area contributed by atoms with Gasteiger partial charge in [-0.1, -0.05) is 0 Å². The number of benzene rings is 4. The number of nitrogens with one attached hydrogen (secondary N) is 6. The molecule has 6 aromatic rings. The molecule has 9 nitrogen and oxygen atoms in total. The molecular weight excluding hydrogens is 616 g/mol. The minimum absolute atomic E-state index is 0.186. The molecule has 44 heavy (non-hydrogen) atoms. The normalized spacial score (nSPS) is 11.4. The van der Waals surface area contributed by atoms with Gasteiger partial charge in [0.15, 0.2) is 0 Å². The number of rotatable bonds is 8. The number of ether oxygens (including phenoxy) is 1. The molecule has 0 unspecified atom stereocenters. The van der Waals surface area contributed by atoms with E-state index in [1.54, 1.807) is 0 Å². The van der Waals surface area contributed by atoms with E-state index in [0.717, 1.165) is 60.4 Å². The van der Waals surface area contributed by atoms with E-state index in [1.807, 2.05) is 107 Å². The van der Waals surface area contributed by atoms with Crippen molar-refractivity contribution in [1.82, 2.24) is 30.6 Å². The van der Waals surface area contributed by atoms with Gasteiger partial charge in [-0.2, -0.15) is 0 Å². The highest BCUT2D eigenvalue weighted by Crippen LogP contribution is 2.34. The summed E-state index contributed by atoms with van der Waals surface area (Å²) in [6, 6.07) is 25.5. The molecule has 6 rings (SSSR count). The second kappa shape index (κ2) is 12.0. The molecule has 0 atom stereocenters. The van der Waals surface area contributed by atoms with Crippen molar-refractivity contribution in [2.24, 2.45) is 0 Å². The number of fused-ring (bicyclic) bond motifs is 2. The van der Waals surface area contributed by atoms with Gasteiger partial charge in [-0.3, -0.25) is 10.8 Å². The largest absolute Gasteiger partial charge is 0.457 e. The second-order valence-electron chi connectivity index (χ2n) is 11.3. The smallest absolute Gasteiger partial charge is 0.139 e. The number of imidazole rings is 2. The number of H-pyrrole nitrogens is 2. The molecule has 222 valence electrons. The van der Waals surface area contributed by atoms with E-state index < -0.39 is 0 Å². The van der Waals surface area contributed by atoms with Gasteiger partial charge in [-0.25, -0.2) is 9.97 Å². The fourth-order valence-electron chi connectivity index (χ4n) is 4.91. The maximum atomic E-state index is 8.29. The predicted molar refractivity (Wildman–Crippen MR) is 181 cm³/mol. The second-order valence-corrected chi connectivity index (χ2v) is 12.1. The van der Waals surface area contributed by atoms with Crippen LogP contribution in [0.15, 0.2) is 83.3 Å². The Bertz CT molecular complexity index is 2010. The summed E-state index contributed by atoms with van der Waals surface area (Å²) in [6.07, 6.45) is 0. The summed E-state index contributed by atoms with van der Waals surface area (Å²) in [5, 5.41) is 22.8. The van der Waals surface area contributed by atoms with Crippen LogP contribution in [0.4, 0.5) is 0 Å². The number of halogens is 1. The molecule has 0 aliphatic carbocycles. The van der Waals surface area contributed by atoms with Crippen molar-refractivity contribution in [1.29, 1.82) is 10.8 Å². The Morgan fingerprint density at radius 1 is 0.682 bits per heavy atom. The van der Waals surface area contributed by atoms with Crippen LogP contribution < -0.4 is 15.4 Å². The van der Waals surface area contributed by atoms with Crippen LogP contribution in [0.5, 0.6) is 11.5 Å². The highest BCUT2D eigenvalue weighted by molar-refractivity contribution is 9.10. The van der Waals surface area contributed by atoms with Crippen molar-refractivity contribution in [3.8, 4) is 34.3 Å². The van der Waals surface area contributed by atoms with Gasteiger partial charge in [0, 0.05) is 38.8 Å². The number of hydrogen-bond donors (Lipinski definition) is 6. The monoisotopic (exact) mass is 648 g/mol. The van der Waals surface area contributed by atoms with Crippen LogP contribution in [0.1, 0.15) is 38.8 Å². The first-order valence-corrected chi connectivity index (χ1v) is 15.2. The molecule has 6 N–H and O–H groups in total. The zero-order valence-corrected chi connectivity index (χ0v) is 26.4. The zero-order chi connectivity index (χ0) is 31.0. The maximum absolute atomic E-state index is 8.29. The summed E-state index contributed by atoms with van der Waals surface area (Å²) >= 11 is 3.69. The van der Waals surface area contributed by atoms with Gasteiger partial charge in [0.2, 0.25) is 0 Å². The predicted octanol–water partition coefficient (Wildman–Crippen LogP) is 7.97. The molecule has 0 aliphatic rings. The van der Waals surface area contributed by atoms with Crippen LogP contribution in [0.3, 0.4) is 0 Å². The van der Waals surface area contributed by atoms with Crippen molar-refractivity contribution in [2.75, 3.05) is 0 Å². The summed E-state index contributed by atoms with van der Waals surface area (Å²) in [6.45, 7) is 8.06. The molecule has 2 heterocycles. The first kappa shape index (κ1) is 29.1. The first-order chi connectivity index (χ1) is 21.1. The summed E-state index contributed by atoms with van der Waals surface area (Å²) in [5.74, 6) is 3.65. The topological polar surface area (TPSA) is 138 Å². The van der Waals surface area contributed by atoms with Gasteiger partial charge in [0.1, 0.15) is 34.8 Å². The van der Waals surface area contributed by atoms with Crippen LogP contribution in [0.25, 0.3) is 44.8 Å². The van der Waals surface area contributed by atoms with E-state index in [2.05, 4.69) is 36.5 Å². The summed E-state index contributed by atoms with van der Waals surface area (Å²) in [5.41, 5.74) is 6.89. The van der Waals surface area contributed by atoms with Crippen molar-refractivity contribution < 1.29 is 4.74 Å². The Labute approximate surface area is 263 Å². The highest BCUT2D eigenvalue weighted by atomic mass is 79.9. The minimum atomic E-state index is 0.186. The van der Waals surface area contributed by atoms with Crippen LogP contribution in [-0.2, 0) is 0 Å². The lowest BCUT2D eigenvalue weighted by Crippen LogP contribution is -2.30. The molecule has 10 heteroatoms. The Hall–Kier alpha value is -4.96. The molecule has 0 radical (unpaired) electrons. The maximum Gasteiger partial charge on any atom is 0.139 e. The number of hydrogen-bond acceptors (Lipinski definition) is 5. The highest BCUT2D eigenvalue weighted by Gasteiger charge is 2.13. The van der Waals surface area contributed by atoms with Crippen LogP contribution >= 0.6 is 15.9 Å². The number of aromatic amines is 2. The lowest BCUT2D eigenvalue weighted by atomic mass is 10.1. The van der Waals surface area contributed by atoms with E-state index in [9.17, 15) is 0 Å². The van der Waals surface area contributed by atoms with E-state index in [0.29, 0.717) is 23.2 Å². The van der Waals surface area contributed by atoms with Gasteiger partial charge >= 0.3 is 0 Å². The van der Waals surface area contributed by atoms with Crippen molar-refractivity contribution in [3.05, 3.63) is 94.5 Å². The Balaban J connectivity index is 1.16. The molecule has 0 saturated heterocycles. The summed E-state index contributed by atoms with van der Waals surface area (Å²) in [7, 11) is 0. The fourth-order valence-corrected chi connectivity index (χ4v) is 5.45. The van der Waals surface area contributed by atoms with Crippen LogP contribution in [0, 0.1) is 10.8 Å². The zero-order valence-electron chi connectivity index (χ0n) is 24.8. The lowest BCUT2D eigenvalue weighted by molar-refractivity contribution is 0.482. The van der Waals surface area contributed by atoms with Crippen LogP contribution in [0.2, 0.25) is 0 Å². The van der Waals surface area contributed by atoms with Gasteiger partial charge in [-0.15, -0.1) is 0 Å². The van der Waals surface area contributed by atoms with Gasteiger partial charge < -0.3 is 25.3 Å². The molecule has 0 fully saturated rings. The molecule has 0 spiro atoms. The average molecular weight is 650 g/mol. The van der Waals surface area contributed by atoms with E-state index in [1.165, 1.54) is 0 Å². The Morgan fingerprint density at radius 3 is 1.75 bits per heavy atom. The van der Waals surface area contributed by atoms with Crippen LogP contribution in [-0.4, -0.2) is 43.7 Å². The molecule has 0 bridgehead atoms. The first-order valence-electron chi connectivity index (χ1n) is 14.4. The van der Waals surface area contributed by atoms with Gasteiger partial charge in [-0.05, 0) is 122 Å². The fraction of sp³-hybridized carbons (Fsp3) is 0.176. The number of aromatic nitrogens is 4. The Morgan fingerprint density at radius 2 is 1.20 bits per heavy atom. The summed E-state index contributed by atoms with van der Waals surface area (Å²) < 4.78 is 7.00. The standard InChI is InChI=1S/C34H33BrN8O/c1-18(2)38-31(36)21-7-13-27-29(15-21)42-33(40-27)20-5-9-23(10-6-20)44-24-11-12-25(26(35)17-24)34-41-28-14-8-22(16-30(28)43-34)32(37)39-19(3)4/h5-19H,1-4H3,(H2,36,38)(H2,37,39)(H,40,42)(H,41,43). The number of nitrogens with zero attached hydrogens (tertiary/aromatic N) is 2. The average Bonchev–Trinajstić information content (AvgIpc) is 3.60.